The normalized spacial score (nSPS) is 21.9. The van der Waals surface area contributed by atoms with Gasteiger partial charge in [0.2, 0.25) is 0 Å². The molecule has 1 saturated heterocycles. The van der Waals surface area contributed by atoms with Gasteiger partial charge in [-0.05, 0) is 25.6 Å². The van der Waals surface area contributed by atoms with Crippen LogP contribution in [0.1, 0.15) is 16.8 Å². The highest BCUT2D eigenvalue weighted by molar-refractivity contribution is 5.94. The molecule has 2 aromatic rings. The summed E-state index contributed by atoms with van der Waals surface area (Å²) in [5, 5.41) is 18.9. The highest BCUT2D eigenvalue weighted by atomic mass is 16.3. The molecule has 1 aliphatic rings. The first-order chi connectivity index (χ1) is 10.7. The molecule has 2 atom stereocenters. The van der Waals surface area contributed by atoms with Gasteiger partial charge in [-0.15, -0.1) is 0 Å². The molecule has 22 heavy (non-hydrogen) atoms. The quantitative estimate of drug-likeness (QED) is 0.753. The number of aliphatic hydroxyl groups is 1. The number of aromatic nitrogens is 3. The van der Waals surface area contributed by atoms with Crippen molar-refractivity contribution in [2.24, 2.45) is 0 Å². The Hall–Kier alpha value is -2.25. The predicted molar refractivity (Wildman–Crippen MR) is 81.2 cm³/mol. The Balaban J connectivity index is 1.63. The van der Waals surface area contributed by atoms with Crippen molar-refractivity contribution >= 4 is 5.91 Å². The number of hydrogen-bond acceptors (Lipinski definition) is 5. The zero-order valence-electron chi connectivity index (χ0n) is 12.4. The maximum absolute atomic E-state index is 12.3. The molecule has 0 saturated carbocycles. The number of aromatic amines is 1. The minimum Gasteiger partial charge on any atom is -0.395 e. The monoisotopic (exact) mass is 301 g/mol. The van der Waals surface area contributed by atoms with Crippen LogP contribution < -0.4 is 5.32 Å². The lowest BCUT2D eigenvalue weighted by Gasteiger charge is -2.15. The number of likely N-dealkylation sites (N-methyl/N-ethyl adjacent to an activating group) is 1. The Morgan fingerprint density at radius 2 is 2.23 bits per heavy atom. The fourth-order valence-electron chi connectivity index (χ4n) is 2.79. The second kappa shape index (κ2) is 6.25. The molecule has 1 fully saturated rings. The van der Waals surface area contributed by atoms with Gasteiger partial charge in [0.15, 0.2) is 5.82 Å². The number of carbonyl (C=O) groups is 1. The number of H-pyrrole nitrogens is 1. The van der Waals surface area contributed by atoms with Crippen molar-refractivity contribution in [3.63, 3.8) is 0 Å². The number of likely N-dealkylation sites (tertiary alicyclic amines) is 1. The second-order valence-electron chi connectivity index (χ2n) is 5.59. The number of aliphatic hydroxyl groups excluding tert-OH is 1. The Labute approximate surface area is 128 Å². The van der Waals surface area contributed by atoms with Crippen LogP contribution in [0.15, 0.2) is 30.6 Å². The van der Waals surface area contributed by atoms with Crippen LogP contribution in [-0.4, -0.2) is 63.4 Å². The van der Waals surface area contributed by atoms with Gasteiger partial charge in [-0.3, -0.25) is 14.8 Å². The van der Waals surface area contributed by atoms with Crippen molar-refractivity contribution in [2.45, 2.75) is 18.5 Å². The highest BCUT2D eigenvalue weighted by Gasteiger charge is 2.29. The summed E-state index contributed by atoms with van der Waals surface area (Å²) in [5.74, 6) is 0.580. The first-order valence-electron chi connectivity index (χ1n) is 7.25. The van der Waals surface area contributed by atoms with E-state index < -0.39 is 0 Å². The molecule has 3 N–H and O–H groups in total. The Bertz CT molecular complexity index is 626. The zero-order valence-corrected chi connectivity index (χ0v) is 12.4. The smallest absolute Gasteiger partial charge is 0.251 e. The third-order valence-electron chi connectivity index (χ3n) is 4.07. The van der Waals surface area contributed by atoms with Crippen molar-refractivity contribution < 1.29 is 9.90 Å². The molecule has 7 nitrogen and oxygen atoms in total. The van der Waals surface area contributed by atoms with Crippen LogP contribution in [0.4, 0.5) is 0 Å². The molecule has 0 spiro atoms. The van der Waals surface area contributed by atoms with Gasteiger partial charge in [0, 0.05) is 29.8 Å². The summed E-state index contributed by atoms with van der Waals surface area (Å²) < 4.78 is 0. The Morgan fingerprint density at radius 1 is 1.45 bits per heavy atom. The number of nitrogens with one attached hydrogen (secondary N) is 2. The van der Waals surface area contributed by atoms with Crippen LogP contribution in [0.2, 0.25) is 0 Å². The van der Waals surface area contributed by atoms with Crippen LogP contribution in [-0.2, 0) is 0 Å². The molecule has 116 valence electrons. The average molecular weight is 301 g/mol. The minimum absolute atomic E-state index is 0.0728. The number of carbonyl (C=O) groups excluding carboxylic acids is 1. The van der Waals surface area contributed by atoms with Gasteiger partial charge >= 0.3 is 0 Å². The molecular weight excluding hydrogens is 282 g/mol. The summed E-state index contributed by atoms with van der Waals surface area (Å²) in [6, 6.07) is 7.42. The average Bonchev–Trinajstić information content (AvgIpc) is 3.17. The van der Waals surface area contributed by atoms with Gasteiger partial charge in [-0.2, -0.15) is 5.10 Å². The van der Waals surface area contributed by atoms with Crippen LogP contribution in [0.25, 0.3) is 11.4 Å². The van der Waals surface area contributed by atoms with Gasteiger partial charge in [0.05, 0.1) is 6.61 Å². The molecule has 1 aromatic carbocycles. The molecule has 1 amide bonds. The first-order valence-corrected chi connectivity index (χ1v) is 7.25. The fourth-order valence-corrected chi connectivity index (χ4v) is 2.79. The van der Waals surface area contributed by atoms with Crippen molar-refractivity contribution in [1.29, 1.82) is 0 Å². The van der Waals surface area contributed by atoms with E-state index in [4.69, 9.17) is 0 Å². The van der Waals surface area contributed by atoms with Crippen LogP contribution in [0.3, 0.4) is 0 Å². The zero-order chi connectivity index (χ0) is 15.5. The summed E-state index contributed by atoms with van der Waals surface area (Å²) in [6.45, 7) is 0.877. The number of amides is 1. The lowest BCUT2D eigenvalue weighted by molar-refractivity contribution is 0.0938. The van der Waals surface area contributed by atoms with Gasteiger partial charge < -0.3 is 10.4 Å². The number of rotatable bonds is 4. The molecule has 0 unspecified atom stereocenters. The molecule has 1 aliphatic heterocycles. The van der Waals surface area contributed by atoms with Gasteiger partial charge in [-0.1, -0.05) is 12.1 Å². The van der Waals surface area contributed by atoms with Crippen LogP contribution in [0, 0.1) is 0 Å². The van der Waals surface area contributed by atoms with E-state index in [9.17, 15) is 9.90 Å². The third-order valence-corrected chi connectivity index (χ3v) is 4.07. The predicted octanol–water partition coefficient (Wildman–Crippen LogP) is 0.266. The van der Waals surface area contributed by atoms with Crippen molar-refractivity contribution in [3.05, 3.63) is 36.2 Å². The van der Waals surface area contributed by atoms with E-state index in [1.165, 1.54) is 6.33 Å². The SMILES string of the molecule is CN1C[C@H](NC(=O)c2ccc(-c3ncn[nH]3)cc2)C[C@H]1CO. The lowest BCUT2D eigenvalue weighted by atomic mass is 10.1. The standard InChI is InChI=1S/C15H19N5O2/c1-20-7-12(6-13(20)8-21)18-15(22)11-4-2-10(3-5-11)14-16-9-17-19-14/h2-5,9,12-13,21H,6-8H2,1H3,(H,18,22)(H,16,17,19)/t12-,13+/m1/s1. The molecular formula is C15H19N5O2. The number of nitrogens with zero attached hydrogens (tertiary/aromatic N) is 3. The van der Waals surface area contributed by atoms with Crippen LogP contribution in [0.5, 0.6) is 0 Å². The van der Waals surface area contributed by atoms with Crippen molar-refractivity contribution in [3.8, 4) is 11.4 Å². The maximum atomic E-state index is 12.3. The van der Waals surface area contributed by atoms with Gasteiger partial charge in [0.25, 0.3) is 5.91 Å². The Kier molecular flexibility index (Phi) is 4.17. The minimum atomic E-state index is -0.0962. The highest BCUT2D eigenvalue weighted by Crippen LogP contribution is 2.17. The van der Waals surface area contributed by atoms with E-state index in [0.29, 0.717) is 11.4 Å². The van der Waals surface area contributed by atoms with E-state index in [-0.39, 0.29) is 24.6 Å². The van der Waals surface area contributed by atoms with Gasteiger partial charge in [-0.25, -0.2) is 4.98 Å². The second-order valence-corrected chi connectivity index (χ2v) is 5.59. The Morgan fingerprint density at radius 3 is 2.82 bits per heavy atom. The molecule has 0 aliphatic carbocycles. The molecule has 2 heterocycles. The molecule has 3 rings (SSSR count). The molecule has 0 bridgehead atoms. The van der Waals surface area contributed by atoms with Gasteiger partial charge in [0.1, 0.15) is 6.33 Å². The molecule has 7 heteroatoms. The molecule has 1 aromatic heterocycles. The topological polar surface area (TPSA) is 94.1 Å². The summed E-state index contributed by atoms with van der Waals surface area (Å²) in [6.07, 6.45) is 2.22. The van der Waals surface area contributed by atoms with E-state index in [1.807, 2.05) is 19.2 Å². The molecule has 0 radical (unpaired) electrons. The van der Waals surface area contributed by atoms with E-state index in [1.54, 1.807) is 12.1 Å². The first kappa shape index (κ1) is 14.7. The van der Waals surface area contributed by atoms with E-state index in [0.717, 1.165) is 18.5 Å². The summed E-state index contributed by atoms with van der Waals surface area (Å²) in [5.41, 5.74) is 1.49. The number of benzene rings is 1. The maximum Gasteiger partial charge on any atom is 0.251 e. The lowest BCUT2D eigenvalue weighted by Crippen LogP contribution is -2.36. The largest absolute Gasteiger partial charge is 0.395 e. The third kappa shape index (κ3) is 3.00. The van der Waals surface area contributed by atoms with Crippen molar-refractivity contribution in [1.82, 2.24) is 25.4 Å². The number of hydrogen-bond donors (Lipinski definition) is 3. The summed E-state index contributed by atoms with van der Waals surface area (Å²) in [4.78, 5) is 18.4. The van der Waals surface area contributed by atoms with Crippen LogP contribution >= 0.6 is 0 Å². The summed E-state index contributed by atoms with van der Waals surface area (Å²) in [7, 11) is 1.96. The van der Waals surface area contributed by atoms with Crippen molar-refractivity contribution in [2.75, 3.05) is 20.2 Å². The van der Waals surface area contributed by atoms with E-state index >= 15 is 0 Å². The fraction of sp³-hybridized carbons (Fsp3) is 0.400. The van der Waals surface area contributed by atoms with E-state index in [2.05, 4.69) is 25.4 Å². The summed E-state index contributed by atoms with van der Waals surface area (Å²) >= 11 is 0.